The molecule has 1 unspecified atom stereocenters. The number of nitrogens with one attached hydrogen (secondary N) is 2. The summed E-state index contributed by atoms with van der Waals surface area (Å²) in [5, 5.41) is 7.47. The Bertz CT molecular complexity index is 698. The Hall–Kier alpha value is -1.55. The Morgan fingerprint density at radius 2 is 1.87 bits per heavy atom. The van der Waals surface area contributed by atoms with Gasteiger partial charge in [-0.2, -0.15) is 0 Å². The molecule has 2 N–H and O–H groups in total. The van der Waals surface area contributed by atoms with Crippen LogP contribution in [-0.4, -0.2) is 19.0 Å². The second kappa shape index (κ2) is 7.35. The van der Waals surface area contributed by atoms with Crippen molar-refractivity contribution in [1.29, 1.82) is 0 Å². The van der Waals surface area contributed by atoms with Crippen molar-refractivity contribution in [3.8, 4) is 0 Å². The number of benzene rings is 2. The van der Waals surface area contributed by atoms with Crippen LogP contribution in [0.4, 0.5) is 0 Å². The van der Waals surface area contributed by atoms with Gasteiger partial charge < -0.3 is 10.6 Å². The van der Waals surface area contributed by atoms with Crippen LogP contribution in [-0.2, 0) is 17.6 Å². The molecule has 1 atom stereocenters. The normalized spacial score (nSPS) is 16.7. The minimum absolute atomic E-state index is 0.0788. The highest BCUT2D eigenvalue weighted by Crippen LogP contribution is 2.25. The smallest absolute Gasteiger partial charge is 0.224 e. The molecule has 3 rings (SSSR count). The molecular formula is C18H18Cl2N2O. The fourth-order valence-corrected chi connectivity index (χ4v) is 3.45. The van der Waals surface area contributed by atoms with E-state index in [1.165, 1.54) is 11.1 Å². The maximum atomic E-state index is 12.2. The molecule has 3 nitrogen and oxygen atoms in total. The van der Waals surface area contributed by atoms with Crippen LogP contribution in [0.15, 0.2) is 42.5 Å². The SMILES string of the molecule is O=C(Cc1c(Cl)cccc1Cl)NCC1NCCc2ccccc21. The van der Waals surface area contributed by atoms with Crippen LogP contribution in [0.1, 0.15) is 22.7 Å². The molecular weight excluding hydrogens is 331 g/mol. The summed E-state index contributed by atoms with van der Waals surface area (Å²) in [7, 11) is 0. The van der Waals surface area contributed by atoms with Gasteiger partial charge in [-0.05, 0) is 41.8 Å². The lowest BCUT2D eigenvalue weighted by molar-refractivity contribution is -0.120. The van der Waals surface area contributed by atoms with Crippen LogP contribution in [0.2, 0.25) is 10.0 Å². The van der Waals surface area contributed by atoms with Gasteiger partial charge in [0.2, 0.25) is 5.91 Å². The van der Waals surface area contributed by atoms with E-state index in [9.17, 15) is 4.79 Å². The number of rotatable bonds is 4. The Balaban J connectivity index is 1.62. The summed E-state index contributed by atoms with van der Waals surface area (Å²) in [6.45, 7) is 1.48. The second-order valence-electron chi connectivity index (χ2n) is 5.64. The van der Waals surface area contributed by atoms with Crippen molar-refractivity contribution in [3.05, 3.63) is 69.2 Å². The molecule has 0 spiro atoms. The summed E-state index contributed by atoms with van der Waals surface area (Å²) in [5.74, 6) is -0.0788. The molecule has 2 aromatic rings. The molecule has 0 saturated heterocycles. The van der Waals surface area contributed by atoms with Gasteiger partial charge in [0, 0.05) is 22.6 Å². The highest BCUT2D eigenvalue weighted by atomic mass is 35.5. The topological polar surface area (TPSA) is 41.1 Å². The first-order chi connectivity index (χ1) is 11.1. The third kappa shape index (κ3) is 3.86. The molecule has 1 aliphatic rings. The second-order valence-corrected chi connectivity index (χ2v) is 6.45. The third-order valence-corrected chi connectivity index (χ3v) is 4.83. The van der Waals surface area contributed by atoms with Crippen LogP contribution in [0.3, 0.4) is 0 Å². The number of carbonyl (C=O) groups is 1. The van der Waals surface area contributed by atoms with Gasteiger partial charge >= 0.3 is 0 Å². The minimum atomic E-state index is -0.0788. The van der Waals surface area contributed by atoms with Gasteiger partial charge in [0.05, 0.1) is 6.42 Å². The molecule has 0 aliphatic carbocycles. The van der Waals surface area contributed by atoms with Crippen molar-refractivity contribution >= 4 is 29.1 Å². The zero-order valence-corrected chi connectivity index (χ0v) is 14.1. The van der Waals surface area contributed by atoms with Gasteiger partial charge in [0.15, 0.2) is 0 Å². The fraction of sp³-hybridized carbons (Fsp3) is 0.278. The zero-order valence-electron chi connectivity index (χ0n) is 12.6. The van der Waals surface area contributed by atoms with Crippen LogP contribution in [0.25, 0.3) is 0 Å². The Kier molecular flexibility index (Phi) is 5.21. The lowest BCUT2D eigenvalue weighted by Gasteiger charge is -2.27. The lowest BCUT2D eigenvalue weighted by atomic mass is 9.94. The molecule has 0 bridgehead atoms. The van der Waals surface area contributed by atoms with E-state index in [-0.39, 0.29) is 18.4 Å². The molecule has 0 radical (unpaired) electrons. The summed E-state index contributed by atoms with van der Waals surface area (Å²) in [6.07, 6.45) is 1.21. The number of hydrogen-bond acceptors (Lipinski definition) is 2. The molecule has 5 heteroatoms. The Morgan fingerprint density at radius 3 is 2.65 bits per heavy atom. The summed E-state index contributed by atoms with van der Waals surface area (Å²) in [5.41, 5.74) is 3.28. The van der Waals surface area contributed by atoms with Crippen LogP contribution < -0.4 is 10.6 Å². The number of halogens is 2. The summed E-state index contributed by atoms with van der Waals surface area (Å²) < 4.78 is 0. The molecule has 23 heavy (non-hydrogen) atoms. The van der Waals surface area contributed by atoms with Crippen molar-refractivity contribution in [1.82, 2.24) is 10.6 Å². The van der Waals surface area contributed by atoms with Gasteiger partial charge in [0.1, 0.15) is 0 Å². The largest absolute Gasteiger partial charge is 0.354 e. The molecule has 0 aromatic heterocycles. The molecule has 120 valence electrons. The molecule has 2 aromatic carbocycles. The van der Waals surface area contributed by atoms with E-state index in [1.807, 2.05) is 6.07 Å². The molecule has 0 saturated carbocycles. The van der Waals surface area contributed by atoms with E-state index in [0.29, 0.717) is 22.2 Å². The molecule has 1 heterocycles. The van der Waals surface area contributed by atoms with Gasteiger partial charge in [-0.25, -0.2) is 0 Å². The average molecular weight is 349 g/mol. The van der Waals surface area contributed by atoms with E-state index in [1.54, 1.807) is 18.2 Å². The van der Waals surface area contributed by atoms with E-state index in [0.717, 1.165) is 13.0 Å². The fourth-order valence-electron chi connectivity index (χ4n) is 2.92. The van der Waals surface area contributed by atoms with E-state index in [4.69, 9.17) is 23.2 Å². The predicted molar refractivity (Wildman–Crippen MR) is 94.1 cm³/mol. The van der Waals surface area contributed by atoms with Crippen molar-refractivity contribution in [3.63, 3.8) is 0 Å². The first kappa shape index (κ1) is 16.3. The van der Waals surface area contributed by atoms with Crippen LogP contribution >= 0.6 is 23.2 Å². The number of hydrogen-bond donors (Lipinski definition) is 2. The summed E-state index contributed by atoms with van der Waals surface area (Å²) in [4.78, 5) is 12.2. The van der Waals surface area contributed by atoms with Gasteiger partial charge in [-0.3, -0.25) is 4.79 Å². The van der Waals surface area contributed by atoms with Crippen LogP contribution in [0.5, 0.6) is 0 Å². The zero-order chi connectivity index (χ0) is 16.2. The molecule has 1 amide bonds. The van der Waals surface area contributed by atoms with Crippen molar-refractivity contribution in [2.45, 2.75) is 18.9 Å². The Labute approximate surface area is 146 Å². The van der Waals surface area contributed by atoms with E-state index in [2.05, 4.69) is 28.8 Å². The summed E-state index contributed by atoms with van der Waals surface area (Å²) >= 11 is 12.2. The van der Waals surface area contributed by atoms with Crippen molar-refractivity contribution in [2.24, 2.45) is 0 Å². The monoisotopic (exact) mass is 348 g/mol. The third-order valence-electron chi connectivity index (χ3n) is 4.12. The quantitative estimate of drug-likeness (QED) is 0.887. The number of fused-ring (bicyclic) bond motifs is 1. The van der Waals surface area contributed by atoms with E-state index >= 15 is 0 Å². The highest BCUT2D eigenvalue weighted by molar-refractivity contribution is 6.36. The van der Waals surface area contributed by atoms with Gasteiger partial charge in [0.25, 0.3) is 0 Å². The molecule has 1 aliphatic heterocycles. The first-order valence-electron chi connectivity index (χ1n) is 7.66. The van der Waals surface area contributed by atoms with Crippen molar-refractivity contribution in [2.75, 3.05) is 13.1 Å². The van der Waals surface area contributed by atoms with Gasteiger partial charge in [-0.1, -0.05) is 53.5 Å². The maximum absolute atomic E-state index is 12.2. The average Bonchev–Trinajstić information content (AvgIpc) is 2.56. The predicted octanol–water partition coefficient (Wildman–Crippen LogP) is 3.54. The molecule has 0 fully saturated rings. The highest BCUT2D eigenvalue weighted by Gasteiger charge is 2.20. The minimum Gasteiger partial charge on any atom is -0.354 e. The standard InChI is InChI=1S/C18H18Cl2N2O/c19-15-6-3-7-16(20)14(15)10-18(23)22-11-17-13-5-2-1-4-12(13)8-9-21-17/h1-7,17,21H,8-11H2,(H,22,23). The van der Waals surface area contributed by atoms with E-state index < -0.39 is 0 Å². The summed E-state index contributed by atoms with van der Waals surface area (Å²) in [6, 6.07) is 13.8. The van der Waals surface area contributed by atoms with Crippen molar-refractivity contribution < 1.29 is 4.79 Å². The maximum Gasteiger partial charge on any atom is 0.224 e. The Morgan fingerprint density at radius 1 is 1.13 bits per heavy atom. The number of amides is 1. The lowest BCUT2D eigenvalue weighted by Crippen LogP contribution is -2.39. The first-order valence-corrected chi connectivity index (χ1v) is 8.41. The van der Waals surface area contributed by atoms with Gasteiger partial charge in [-0.15, -0.1) is 0 Å². The number of carbonyl (C=O) groups excluding carboxylic acids is 1. The van der Waals surface area contributed by atoms with Crippen LogP contribution in [0, 0.1) is 0 Å².